The molecule has 0 unspecified atom stereocenters. The Morgan fingerprint density at radius 3 is 2.88 bits per heavy atom. The van der Waals surface area contributed by atoms with Crippen molar-refractivity contribution in [3.8, 4) is 0 Å². The fourth-order valence-electron chi connectivity index (χ4n) is 2.50. The minimum absolute atomic E-state index is 0.0358. The molecule has 138 valence electrons. The maximum atomic E-state index is 12.4. The van der Waals surface area contributed by atoms with Gasteiger partial charge in [0.05, 0.1) is 0 Å². The zero-order chi connectivity index (χ0) is 19.0. The monoisotopic (exact) mass is 447 g/mol. The number of ether oxygens (including phenoxy) is 1. The van der Waals surface area contributed by atoms with Crippen LogP contribution in [0, 0.1) is 0 Å². The molecule has 1 saturated heterocycles. The van der Waals surface area contributed by atoms with Crippen molar-refractivity contribution < 1.29 is 29.4 Å². The molecular weight excluding hydrogens is 433 g/mol. The molecule has 0 aliphatic carbocycles. The van der Waals surface area contributed by atoms with Crippen LogP contribution in [-0.2, 0) is 14.3 Å². The zero-order valence-corrected chi connectivity index (χ0v) is 15.7. The molecule has 3 heterocycles. The second-order valence-corrected chi connectivity index (χ2v) is 8.31. The van der Waals surface area contributed by atoms with E-state index in [4.69, 9.17) is 20.8 Å². The molecule has 1 fully saturated rings. The van der Waals surface area contributed by atoms with Crippen LogP contribution in [0.5, 0.6) is 0 Å². The van der Waals surface area contributed by atoms with Crippen LogP contribution in [-0.4, -0.2) is 75.6 Å². The van der Waals surface area contributed by atoms with E-state index in [1.54, 1.807) is 11.9 Å². The molecule has 2 aliphatic heterocycles. The number of nitrogens with two attached hydrogens (primary N) is 1. The van der Waals surface area contributed by atoms with E-state index in [0.717, 1.165) is 0 Å². The Hall–Kier alpha value is -2.50. The van der Waals surface area contributed by atoms with Gasteiger partial charge in [0.25, 0.3) is 0 Å². The van der Waals surface area contributed by atoms with Crippen molar-refractivity contribution in [2.45, 2.75) is 18.3 Å². The van der Waals surface area contributed by atoms with Crippen molar-refractivity contribution in [2.24, 2.45) is 5.16 Å². The summed E-state index contributed by atoms with van der Waals surface area (Å²) in [7, 11) is 0. The third kappa shape index (κ3) is 3.16. The van der Waals surface area contributed by atoms with Crippen molar-refractivity contribution in [3.05, 3.63) is 22.1 Å². The van der Waals surface area contributed by atoms with E-state index < -0.39 is 29.4 Å². The van der Waals surface area contributed by atoms with E-state index in [1.807, 2.05) is 0 Å². The van der Waals surface area contributed by atoms with Gasteiger partial charge in [-0.2, -0.15) is 0 Å². The Bertz CT molecular complexity index is 852. The molecule has 0 aromatic carbocycles. The summed E-state index contributed by atoms with van der Waals surface area (Å²) >= 11 is 1.13. The standard InChI is InChI=1S/C13H13N5O6SSe/c1-4-2-25-11-7(9(20)18(11)10(4)24-13(21)22)16-8(19)6(17-23)5-3-26-12(14)15-5/h3,7,11,23H,2H2,1H3,(H2,14,15)(H,16,19)(H,21,22)/b17-6-/t7-,11-/m1/s1. The molecule has 2 atom stereocenters. The number of rotatable bonds is 4. The van der Waals surface area contributed by atoms with E-state index in [9.17, 15) is 14.4 Å². The van der Waals surface area contributed by atoms with Gasteiger partial charge in [-0.15, -0.1) is 0 Å². The van der Waals surface area contributed by atoms with Crippen molar-refractivity contribution in [1.29, 1.82) is 0 Å². The Kier molecular flexibility index (Phi) is 4.94. The fourth-order valence-corrected chi connectivity index (χ4v) is 4.92. The number of thioether (sulfide) groups is 1. The van der Waals surface area contributed by atoms with Crippen LogP contribution < -0.4 is 11.1 Å². The number of nitrogens with zero attached hydrogens (tertiary/aromatic N) is 3. The summed E-state index contributed by atoms with van der Waals surface area (Å²) in [6.45, 7) is 1.66. The average molecular weight is 446 g/mol. The van der Waals surface area contributed by atoms with Crippen LogP contribution in [0.15, 0.2) is 21.6 Å². The number of anilines is 1. The van der Waals surface area contributed by atoms with E-state index in [0.29, 0.717) is 16.0 Å². The molecule has 11 nitrogen and oxygen atoms in total. The number of amides is 2. The zero-order valence-electron chi connectivity index (χ0n) is 13.2. The Morgan fingerprint density at radius 2 is 2.31 bits per heavy atom. The predicted molar refractivity (Wildman–Crippen MR) is 90.7 cm³/mol. The molecule has 2 aliphatic rings. The number of β-lactam (4-membered cyclic amide) rings is 1. The topological polar surface area (TPSA) is 167 Å². The maximum absolute atomic E-state index is 12.4. The van der Waals surface area contributed by atoms with Crippen molar-refractivity contribution in [1.82, 2.24) is 15.2 Å². The Morgan fingerprint density at radius 1 is 1.58 bits per heavy atom. The van der Waals surface area contributed by atoms with E-state index in [1.165, 1.54) is 16.7 Å². The van der Waals surface area contributed by atoms with Crippen molar-refractivity contribution in [2.75, 3.05) is 11.5 Å². The summed E-state index contributed by atoms with van der Waals surface area (Å²) in [4.78, 5) is 42.3. The van der Waals surface area contributed by atoms with Gasteiger partial charge in [0.1, 0.15) is 0 Å². The number of carboxylic acid groups (broad SMARTS) is 1. The summed E-state index contributed by atoms with van der Waals surface area (Å²) in [5.41, 5.74) is 5.97. The van der Waals surface area contributed by atoms with Gasteiger partial charge in [-0.25, -0.2) is 0 Å². The van der Waals surface area contributed by atoms with E-state index >= 15 is 0 Å². The van der Waals surface area contributed by atoms with Crippen LogP contribution in [0.2, 0.25) is 0 Å². The molecule has 13 heteroatoms. The van der Waals surface area contributed by atoms with Gasteiger partial charge < -0.3 is 0 Å². The fraction of sp³-hybridized carbons (Fsp3) is 0.308. The average Bonchev–Trinajstić information content (AvgIpc) is 3.00. The Labute approximate surface area is 156 Å². The van der Waals surface area contributed by atoms with Gasteiger partial charge in [-0.05, 0) is 0 Å². The molecule has 0 bridgehead atoms. The molecule has 0 saturated carbocycles. The van der Waals surface area contributed by atoms with Crippen LogP contribution in [0.25, 0.3) is 0 Å². The number of oxime groups is 1. The minimum atomic E-state index is -1.52. The summed E-state index contributed by atoms with van der Waals surface area (Å²) in [6, 6.07) is -0.904. The first kappa shape index (κ1) is 18.3. The van der Waals surface area contributed by atoms with Crippen molar-refractivity contribution >= 4 is 54.6 Å². The number of fused-ring (bicyclic) bond motifs is 1. The van der Waals surface area contributed by atoms with Crippen LogP contribution in [0.4, 0.5) is 9.49 Å². The number of carbonyl (C=O) groups is 3. The van der Waals surface area contributed by atoms with Crippen LogP contribution >= 0.6 is 11.8 Å². The van der Waals surface area contributed by atoms with E-state index in [-0.39, 0.29) is 31.8 Å². The van der Waals surface area contributed by atoms with Gasteiger partial charge in [0.15, 0.2) is 0 Å². The normalized spacial score (nSPS) is 22.6. The number of hydrogen-bond acceptors (Lipinski definition) is 9. The summed E-state index contributed by atoms with van der Waals surface area (Å²) in [6.07, 6.45) is -1.52. The molecule has 0 spiro atoms. The first-order valence-corrected chi connectivity index (χ1v) is 10.0. The van der Waals surface area contributed by atoms with Crippen LogP contribution in [0.3, 0.4) is 0 Å². The molecular formula is C13H13N5O6SSe. The third-order valence-corrected chi connectivity index (χ3v) is 6.49. The molecule has 1 aromatic heterocycles. The molecule has 1 aromatic rings. The van der Waals surface area contributed by atoms with Crippen LogP contribution in [0.1, 0.15) is 12.6 Å². The van der Waals surface area contributed by atoms with Gasteiger partial charge >= 0.3 is 156 Å². The second kappa shape index (κ2) is 7.02. The van der Waals surface area contributed by atoms with Crippen molar-refractivity contribution in [3.63, 3.8) is 0 Å². The van der Waals surface area contributed by atoms with E-state index in [2.05, 4.69) is 15.5 Å². The third-order valence-electron chi connectivity index (χ3n) is 3.65. The second-order valence-electron chi connectivity index (χ2n) is 5.33. The summed E-state index contributed by atoms with van der Waals surface area (Å²) in [5.74, 6) is -0.889. The SMILES string of the molecule is CC1=C(OC(=O)O)N2C(=O)[C@@H](NC(=O)/C(=N\O)c3c[se]c(N)n3)[C@H]2SC1. The molecule has 26 heavy (non-hydrogen) atoms. The number of nitrogens with one attached hydrogen (secondary N) is 1. The first-order chi connectivity index (χ1) is 12.3. The number of hydrogen-bond donors (Lipinski definition) is 4. The molecule has 3 rings (SSSR count). The first-order valence-electron chi connectivity index (χ1n) is 7.13. The predicted octanol–water partition coefficient (Wildman–Crippen LogP) is -0.775. The molecule has 0 radical (unpaired) electrons. The molecule has 5 N–H and O–H groups in total. The summed E-state index contributed by atoms with van der Waals surface area (Å²) in [5, 5.41) is 22.8. The number of carbonyl (C=O) groups excluding carboxylic acids is 2. The van der Waals surface area contributed by atoms with Gasteiger partial charge in [0, 0.05) is 0 Å². The summed E-state index contributed by atoms with van der Waals surface area (Å²) < 4.78 is 5.03. The number of nitrogen functional groups attached to an aromatic ring is 1. The molecule has 2 amide bonds. The van der Waals surface area contributed by atoms with Gasteiger partial charge in [-0.1, -0.05) is 0 Å². The quantitative estimate of drug-likeness (QED) is 0.116. The van der Waals surface area contributed by atoms with Gasteiger partial charge in [-0.3, -0.25) is 0 Å². The van der Waals surface area contributed by atoms with Gasteiger partial charge in [0.2, 0.25) is 0 Å². The Balaban J connectivity index is 1.74. The number of aromatic nitrogens is 1.